The van der Waals surface area contributed by atoms with E-state index in [0.29, 0.717) is 17.2 Å². The fourth-order valence-electron chi connectivity index (χ4n) is 2.66. The average molecular weight is 356 g/mol. The van der Waals surface area contributed by atoms with Crippen LogP contribution in [0.3, 0.4) is 0 Å². The van der Waals surface area contributed by atoms with Crippen molar-refractivity contribution in [2.45, 2.75) is 25.7 Å². The third-order valence-corrected chi connectivity index (χ3v) is 4.02. The first kappa shape index (κ1) is 17.1. The van der Waals surface area contributed by atoms with Gasteiger partial charge in [-0.1, -0.05) is 0 Å². The fourth-order valence-corrected chi connectivity index (χ4v) is 2.66. The molecular weight excluding hydrogens is 338 g/mol. The summed E-state index contributed by atoms with van der Waals surface area (Å²) < 4.78 is 1.90. The Bertz CT molecular complexity index is 872. The Hall–Kier alpha value is -2.73. The zero-order chi connectivity index (χ0) is 16.5. The lowest BCUT2D eigenvalue weighted by molar-refractivity contribution is 0.102. The highest BCUT2D eigenvalue weighted by Crippen LogP contribution is 2.40. The number of pyridine rings is 2. The van der Waals surface area contributed by atoms with Crippen molar-refractivity contribution in [2.24, 2.45) is 0 Å². The second-order valence-corrected chi connectivity index (χ2v) is 5.99. The molecule has 1 amide bonds. The molecule has 0 aliphatic heterocycles. The van der Waals surface area contributed by atoms with Crippen LogP contribution in [-0.2, 0) is 0 Å². The Kier molecular flexibility index (Phi) is 4.81. The lowest BCUT2D eigenvalue weighted by Crippen LogP contribution is -2.12. The number of aryl methyl sites for hydroxylation is 1. The van der Waals surface area contributed by atoms with Crippen LogP contribution in [0.2, 0.25) is 0 Å². The molecule has 25 heavy (non-hydrogen) atoms. The summed E-state index contributed by atoms with van der Waals surface area (Å²) >= 11 is 0. The molecule has 1 saturated carbocycles. The minimum absolute atomic E-state index is 0. The summed E-state index contributed by atoms with van der Waals surface area (Å²) in [5, 5.41) is 7.37. The molecule has 3 heterocycles. The molecule has 0 radical (unpaired) electrons. The van der Waals surface area contributed by atoms with Crippen molar-refractivity contribution in [1.29, 1.82) is 0 Å². The predicted molar refractivity (Wildman–Crippen MR) is 97.5 cm³/mol. The van der Waals surface area contributed by atoms with Crippen LogP contribution in [0.1, 0.15) is 40.5 Å². The highest BCUT2D eigenvalue weighted by molar-refractivity contribution is 6.04. The number of rotatable bonds is 4. The maximum atomic E-state index is 12.1. The van der Waals surface area contributed by atoms with E-state index < -0.39 is 0 Å². The predicted octanol–water partition coefficient (Wildman–Crippen LogP) is 3.52. The summed E-state index contributed by atoms with van der Waals surface area (Å²) in [5.41, 5.74) is 3.42. The monoisotopic (exact) mass is 355 g/mol. The molecule has 0 saturated heterocycles. The van der Waals surface area contributed by atoms with E-state index in [-0.39, 0.29) is 18.3 Å². The molecule has 1 fully saturated rings. The highest BCUT2D eigenvalue weighted by atomic mass is 35.5. The van der Waals surface area contributed by atoms with Gasteiger partial charge in [-0.3, -0.25) is 9.78 Å². The van der Waals surface area contributed by atoms with Gasteiger partial charge in [-0.15, -0.1) is 12.4 Å². The third-order valence-electron chi connectivity index (χ3n) is 4.02. The number of nitrogens with one attached hydrogen (secondary N) is 1. The lowest BCUT2D eigenvalue weighted by atomic mass is 10.2. The van der Waals surface area contributed by atoms with Crippen LogP contribution in [0.4, 0.5) is 5.69 Å². The Morgan fingerprint density at radius 1 is 1.20 bits per heavy atom. The van der Waals surface area contributed by atoms with Gasteiger partial charge in [-0.25, -0.2) is 9.67 Å². The van der Waals surface area contributed by atoms with E-state index in [2.05, 4.69) is 26.4 Å². The summed E-state index contributed by atoms with van der Waals surface area (Å²) in [4.78, 5) is 20.5. The number of anilines is 1. The van der Waals surface area contributed by atoms with Crippen molar-refractivity contribution in [1.82, 2.24) is 19.7 Å². The second kappa shape index (κ2) is 7.03. The smallest absolute Gasteiger partial charge is 0.255 e. The second-order valence-electron chi connectivity index (χ2n) is 5.99. The zero-order valence-corrected chi connectivity index (χ0v) is 14.5. The van der Waals surface area contributed by atoms with Gasteiger partial charge in [0.2, 0.25) is 0 Å². The van der Waals surface area contributed by atoms with Gasteiger partial charge in [0, 0.05) is 29.6 Å². The number of nitrogens with zero attached hydrogens (tertiary/aromatic N) is 4. The molecule has 3 aromatic heterocycles. The minimum Gasteiger partial charge on any atom is -0.321 e. The number of hydrogen-bond donors (Lipinski definition) is 1. The van der Waals surface area contributed by atoms with Crippen LogP contribution in [0.25, 0.3) is 5.82 Å². The van der Waals surface area contributed by atoms with Crippen molar-refractivity contribution in [2.75, 3.05) is 5.32 Å². The maximum absolute atomic E-state index is 12.1. The van der Waals surface area contributed by atoms with Gasteiger partial charge in [-0.2, -0.15) is 5.10 Å². The zero-order valence-electron chi connectivity index (χ0n) is 13.7. The summed E-state index contributed by atoms with van der Waals surface area (Å²) in [6, 6.07) is 9.19. The summed E-state index contributed by atoms with van der Waals surface area (Å²) in [5.74, 6) is 1.19. The molecule has 0 atom stereocenters. The minimum atomic E-state index is -0.180. The lowest BCUT2D eigenvalue weighted by Gasteiger charge is -2.08. The molecule has 4 rings (SSSR count). The molecular formula is C18H18ClN5O. The molecule has 0 aromatic carbocycles. The van der Waals surface area contributed by atoms with E-state index in [1.807, 2.05) is 23.7 Å². The largest absolute Gasteiger partial charge is 0.321 e. The van der Waals surface area contributed by atoms with Crippen molar-refractivity contribution < 1.29 is 4.79 Å². The molecule has 0 bridgehead atoms. The van der Waals surface area contributed by atoms with E-state index in [0.717, 1.165) is 11.5 Å². The third kappa shape index (κ3) is 3.69. The highest BCUT2D eigenvalue weighted by Gasteiger charge is 2.28. The molecule has 3 aromatic rings. The molecule has 6 nitrogen and oxygen atoms in total. The quantitative estimate of drug-likeness (QED) is 0.777. The first-order valence-electron chi connectivity index (χ1n) is 7.95. The average Bonchev–Trinajstić information content (AvgIpc) is 3.38. The van der Waals surface area contributed by atoms with Crippen LogP contribution < -0.4 is 5.32 Å². The Morgan fingerprint density at radius 2 is 1.96 bits per heavy atom. The van der Waals surface area contributed by atoms with E-state index >= 15 is 0 Å². The van der Waals surface area contributed by atoms with Gasteiger partial charge >= 0.3 is 0 Å². The Morgan fingerprint density at radius 3 is 2.60 bits per heavy atom. The van der Waals surface area contributed by atoms with Gasteiger partial charge < -0.3 is 5.32 Å². The van der Waals surface area contributed by atoms with Gasteiger partial charge in [-0.05, 0) is 50.1 Å². The van der Waals surface area contributed by atoms with Gasteiger partial charge in [0.05, 0.1) is 17.6 Å². The van der Waals surface area contributed by atoms with Crippen LogP contribution in [0.5, 0.6) is 0 Å². The number of amides is 1. The van der Waals surface area contributed by atoms with Crippen molar-refractivity contribution in [3.05, 3.63) is 65.9 Å². The topological polar surface area (TPSA) is 72.7 Å². The molecule has 1 aliphatic carbocycles. The Labute approximate surface area is 151 Å². The molecule has 1 aliphatic rings. The van der Waals surface area contributed by atoms with Crippen LogP contribution in [0.15, 0.2) is 48.9 Å². The standard InChI is InChI=1S/C18H17N5O.ClH/c1-12-10-16(13-2-3-13)23(22-12)17-5-4-15(11-20-17)21-18(24)14-6-8-19-9-7-14;/h4-11,13H,2-3H2,1H3,(H,21,24);1H. The number of aromatic nitrogens is 4. The first-order chi connectivity index (χ1) is 11.7. The van der Waals surface area contributed by atoms with Crippen molar-refractivity contribution in [3.8, 4) is 5.82 Å². The van der Waals surface area contributed by atoms with Crippen molar-refractivity contribution in [3.63, 3.8) is 0 Å². The SMILES string of the molecule is Cc1cc(C2CC2)n(-c2ccc(NC(=O)c3ccncc3)cn2)n1.Cl. The normalized spacial score (nSPS) is 13.2. The summed E-state index contributed by atoms with van der Waals surface area (Å²) in [6.07, 6.45) is 7.27. The van der Waals surface area contributed by atoms with E-state index in [9.17, 15) is 4.79 Å². The summed E-state index contributed by atoms with van der Waals surface area (Å²) in [7, 11) is 0. The molecule has 7 heteroatoms. The molecule has 0 spiro atoms. The van der Waals surface area contributed by atoms with Gasteiger partial charge in [0.1, 0.15) is 0 Å². The first-order valence-corrected chi connectivity index (χ1v) is 7.95. The van der Waals surface area contributed by atoms with Crippen molar-refractivity contribution >= 4 is 24.0 Å². The van der Waals surface area contributed by atoms with E-state index in [1.165, 1.54) is 18.5 Å². The number of carbonyl (C=O) groups is 1. The van der Waals surface area contributed by atoms with E-state index in [1.54, 1.807) is 30.7 Å². The summed E-state index contributed by atoms with van der Waals surface area (Å²) in [6.45, 7) is 1.99. The maximum Gasteiger partial charge on any atom is 0.255 e. The molecule has 128 valence electrons. The fraction of sp³-hybridized carbons (Fsp3) is 0.222. The van der Waals surface area contributed by atoms with Crippen LogP contribution in [0, 0.1) is 6.92 Å². The van der Waals surface area contributed by atoms with Gasteiger partial charge in [0.25, 0.3) is 5.91 Å². The molecule has 0 unspecified atom stereocenters. The number of halogens is 1. The number of hydrogen-bond acceptors (Lipinski definition) is 4. The molecule has 1 N–H and O–H groups in total. The van der Waals surface area contributed by atoms with Crippen LogP contribution >= 0.6 is 12.4 Å². The Balaban J connectivity index is 0.00000182. The van der Waals surface area contributed by atoms with Crippen LogP contribution in [-0.4, -0.2) is 25.7 Å². The van der Waals surface area contributed by atoms with E-state index in [4.69, 9.17) is 0 Å². The van der Waals surface area contributed by atoms with Gasteiger partial charge in [0.15, 0.2) is 5.82 Å². The number of carbonyl (C=O) groups excluding carboxylic acids is 1.